The second kappa shape index (κ2) is 5.04. The van der Waals surface area contributed by atoms with Crippen LogP contribution in [0.1, 0.15) is 26.3 Å². The summed E-state index contributed by atoms with van der Waals surface area (Å²) >= 11 is 0. The number of carbonyl (C=O) groups excluding carboxylic acids is 3. The summed E-state index contributed by atoms with van der Waals surface area (Å²) in [6.07, 6.45) is 3.97. The number of rotatable bonds is 1. The molecule has 5 heteroatoms. The average molecular weight is 338 g/mol. The molecule has 2 fully saturated rings. The van der Waals surface area contributed by atoms with E-state index < -0.39 is 23.3 Å². The van der Waals surface area contributed by atoms with Gasteiger partial charge in [-0.05, 0) is 11.6 Å². The maximum absolute atomic E-state index is 13.3. The molecule has 0 radical (unpaired) electrons. The van der Waals surface area contributed by atoms with Crippen molar-refractivity contribution in [3.05, 3.63) is 35.9 Å². The van der Waals surface area contributed by atoms with E-state index in [-0.39, 0.29) is 23.6 Å². The minimum absolute atomic E-state index is 0.00607. The summed E-state index contributed by atoms with van der Waals surface area (Å²) in [5.74, 6) is -1.51. The first kappa shape index (κ1) is 16.1. The standard InChI is InChI=1S/C20H22N2O3/c1-20(2,3)17(23)16-15-14(18(24)21(4)19(15)25)13-10-9-11-7-5-6-8-12(11)22(13)16/h5-10,13-16H,1-4H3/t13-,14-,15-,16+/m1/s1. The van der Waals surface area contributed by atoms with Gasteiger partial charge in [-0.15, -0.1) is 0 Å². The van der Waals surface area contributed by atoms with E-state index in [0.29, 0.717) is 0 Å². The summed E-state index contributed by atoms with van der Waals surface area (Å²) in [4.78, 5) is 42.0. The molecule has 0 bridgehead atoms. The van der Waals surface area contributed by atoms with E-state index in [1.165, 1.54) is 11.9 Å². The van der Waals surface area contributed by atoms with Gasteiger partial charge in [0.05, 0.1) is 17.9 Å². The van der Waals surface area contributed by atoms with Crippen molar-refractivity contribution in [3.63, 3.8) is 0 Å². The van der Waals surface area contributed by atoms with E-state index in [1.54, 1.807) is 0 Å². The SMILES string of the molecule is CN1C(=O)[C@@H]2[C@H](C1=O)[C@H]1C=Cc3ccccc3N1[C@@H]2C(=O)C(C)(C)C. The normalized spacial score (nSPS) is 30.4. The highest BCUT2D eigenvalue weighted by molar-refractivity contribution is 6.11. The molecule has 2 amide bonds. The number of benzene rings is 1. The zero-order chi connectivity index (χ0) is 18.1. The van der Waals surface area contributed by atoms with Crippen LogP contribution in [0.5, 0.6) is 0 Å². The number of anilines is 1. The Hall–Kier alpha value is -2.43. The first-order valence-electron chi connectivity index (χ1n) is 8.65. The maximum Gasteiger partial charge on any atom is 0.235 e. The van der Waals surface area contributed by atoms with Gasteiger partial charge in [-0.3, -0.25) is 19.3 Å². The van der Waals surface area contributed by atoms with Crippen molar-refractivity contribution in [1.29, 1.82) is 0 Å². The number of imide groups is 1. The van der Waals surface area contributed by atoms with Crippen LogP contribution in [0.15, 0.2) is 30.3 Å². The Morgan fingerprint density at radius 2 is 1.68 bits per heavy atom. The van der Waals surface area contributed by atoms with E-state index in [2.05, 4.69) is 0 Å². The van der Waals surface area contributed by atoms with E-state index in [9.17, 15) is 14.4 Å². The fourth-order valence-corrected chi connectivity index (χ4v) is 4.41. The zero-order valence-corrected chi connectivity index (χ0v) is 14.9. The largest absolute Gasteiger partial charge is 0.353 e. The van der Waals surface area contributed by atoms with Gasteiger partial charge in [0, 0.05) is 18.2 Å². The van der Waals surface area contributed by atoms with Gasteiger partial charge in [-0.1, -0.05) is 51.1 Å². The number of amides is 2. The van der Waals surface area contributed by atoms with Gasteiger partial charge in [0.25, 0.3) is 0 Å². The highest BCUT2D eigenvalue weighted by atomic mass is 16.2. The Bertz CT molecular complexity index is 820. The fraction of sp³-hybridized carbons (Fsp3) is 0.450. The lowest BCUT2D eigenvalue weighted by atomic mass is 9.79. The molecular formula is C20H22N2O3. The second-order valence-electron chi connectivity index (χ2n) is 8.16. The van der Waals surface area contributed by atoms with Crippen LogP contribution in [0.25, 0.3) is 6.08 Å². The minimum atomic E-state index is -0.609. The van der Waals surface area contributed by atoms with Gasteiger partial charge in [-0.2, -0.15) is 0 Å². The molecule has 130 valence electrons. The van der Waals surface area contributed by atoms with Crippen molar-refractivity contribution < 1.29 is 14.4 Å². The molecule has 25 heavy (non-hydrogen) atoms. The number of ketones is 1. The van der Waals surface area contributed by atoms with Crippen molar-refractivity contribution in [2.75, 3.05) is 11.9 Å². The van der Waals surface area contributed by atoms with Crippen LogP contribution >= 0.6 is 0 Å². The number of nitrogens with zero attached hydrogens (tertiary/aromatic N) is 2. The quantitative estimate of drug-likeness (QED) is 0.736. The summed E-state index contributed by atoms with van der Waals surface area (Å²) in [6.45, 7) is 5.61. The monoisotopic (exact) mass is 338 g/mol. The maximum atomic E-state index is 13.3. The number of fused-ring (bicyclic) bond motifs is 5. The van der Waals surface area contributed by atoms with Crippen LogP contribution in [0, 0.1) is 17.3 Å². The fourth-order valence-electron chi connectivity index (χ4n) is 4.41. The molecule has 0 spiro atoms. The van der Waals surface area contributed by atoms with Gasteiger partial charge in [0.2, 0.25) is 11.8 Å². The van der Waals surface area contributed by atoms with Crippen LogP contribution in [0.4, 0.5) is 5.69 Å². The molecule has 4 rings (SSSR count). The van der Waals surface area contributed by atoms with Crippen molar-refractivity contribution >= 4 is 29.4 Å². The topological polar surface area (TPSA) is 57.7 Å². The van der Waals surface area contributed by atoms with Gasteiger partial charge in [0.15, 0.2) is 5.78 Å². The lowest BCUT2D eigenvalue weighted by Crippen LogP contribution is -2.51. The van der Waals surface area contributed by atoms with Gasteiger partial charge in [-0.25, -0.2) is 0 Å². The smallest absolute Gasteiger partial charge is 0.235 e. The van der Waals surface area contributed by atoms with Crippen LogP contribution in [-0.4, -0.2) is 41.6 Å². The van der Waals surface area contributed by atoms with Gasteiger partial charge in [0.1, 0.15) is 6.04 Å². The molecule has 5 nitrogen and oxygen atoms in total. The minimum Gasteiger partial charge on any atom is -0.353 e. The molecule has 0 N–H and O–H groups in total. The molecule has 0 aliphatic carbocycles. The third-order valence-corrected chi connectivity index (χ3v) is 5.64. The van der Waals surface area contributed by atoms with Crippen molar-refractivity contribution in [2.45, 2.75) is 32.9 Å². The summed E-state index contributed by atoms with van der Waals surface area (Å²) in [5, 5.41) is 0. The molecule has 3 heterocycles. The Morgan fingerprint density at radius 3 is 2.36 bits per heavy atom. The van der Waals surface area contributed by atoms with Crippen molar-refractivity contribution in [1.82, 2.24) is 4.90 Å². The van der Waals surface area contributed by atoms with Crippen LogP contribution < -0.4 is 4.90 Å². The number of carbonyl (C=O) groups is 3. The zero-order valence-electron chi connectivity index (χ0n) is 14.9. The third kappa shape index (κ3) is 2.04. The van der Waals surface area contributed by atoms with E-state index >= 15 is 0 Å². The predicted octanol–water partition coefficient (Wildman–Crippen LogP) is 2.12. The highest BCUT2D eigenvalue weighted by Crippen LogP contribution is 2.49. The van der Waals surface area contributed by atoms with Gasteiger partial charge >= 0.3 is 0 Å². The molecule has 1 aromatic carbocycles. The van der Waals surface area contributed by atoms with Crippen LogP contribution in [-0.2, 0) is 14.4 Å². The molecule has 3 aliphatic heterocycles. The van der Waals surface area contributed by atoms with Gasteiger partial charge < -0.3 is 4.90 Å². The number of likely N-dealkylation sites (tertiary alicyclic amines) is 1. The Labute approximate surface area is 147 Å². The average Bonchev–Trinajstić information content (AvgIpc) is 3.03. The van der Waals surface area contributed by atoms with E-state index in [4.69, 9.17) is 0 Å². The molecule has 0 unspecified atom stereocenters. The van der Waals surface area contributed by atoms with Crippen molar-refractivity contribution in [3.8, 4) is 0 Å². The molecule has 1 aromatic rings. The molecule has 0 saturated carbocycles. The van der Waals surface area contributed by atoms with E-state index in [0.717, 1.165) is 11.3 Å². The molecule has 3 aliphatic rings. The number of hydrogen-bond acceptors (Lipinski definition) is 4. The summed E-state index contributed by atoms with van der Waals surface area (Å²) in [7, 11) is 1.52. The molecule has 0 aromatic heterocycles. The number of para-hydroxylation sites is 1. The second-order valence-corrected chi connectivity index (χ2v) is 8.16. The predicted molar refractivity (Wildman–Crippen MR) is 94.8 cm³/mol. The molecular weight excluding hydrogens is 316 g/mol. The Balaban J connectivity index is 1.91. The van der Waals surface area contributed by atoms with Crippen LogP contribution in [0.2, 0.25) is 0 Å². The molecule has 4 atom stereocenters. The lowest BCUT2D eigenvalue weighted by Gasteiger charge is -2.38. The third-order valence-electron chi connectivity index (χ3n) is 5.64. The number of hydrogen-bond donors (Lipinski definition) is 0. The lowest BCUT2D eigenvalue weighted by molar-refractivity contribution is -0.140. The Morgan fingerprint density at radius 1 is 1.04 bits per heavy atom. The van der Waals surface area contributed by atoms with Crippen LogP contribution in [0.3, 0.4) is 0 Å². The summed E-state index contributed by atoms with van der Waals surface area (Å²) < 4.78 is 0. The number of Topliss-reactive ketones (excluding diaryl/α,β-unsaturated/α-hetero) is 1. The summed E-state index contributed by atoms with van der Waals surface area (Å²) in [5.41, 5.74) is 1.35. The van der Waals surface area contributed by atoms with E-state index in [1.807, 2.05) is 62.1 Å². The first-order valence-corrected chi connectivity index (χ1v) is 8.65. The summed E-state index contributed by atoms with van der Waals surface area (Å²) in [6, 6.07) is 6.97. The Kier molecular flexibility index (Phi) is 3.24. The highest BCUT2D eigenvalue weighted by Gasteiger charge is 2.63. The first-order chi connectivity index (χ1) is 11.7. The van der Waals surface area contributed by atoms with Crippen molar-refractivity contribution in [2.24, 2.45) is 17.3 Å². The molecule has 2 saturated heterocycles.